The van der Waals surface area contributed by atoms with Gasteiger partial charge >= 0.3 is 12.0 Å². The first-order valence-electron chi connectivity index (χ1n) is 6.70. The van der Waals surface area contributed by atoms with Gasteiger partial charge in [0.05, 0.1) is 0 Å². The number of urea groups is 1. The molecule has 19 heavy (non-hydrogen) atoms. The summed E-state index contributed by atoms with van der Waals surface area (Å²) in [6.07, 6.45) is 0.876. The van der Waals surface area contributed by atoms with Gasteiger partial charge < -0.3 is 20.4 Å². The van der Waals surface area contributed by atoms with E-state index in [2.05, 4.69) is 5.32 Å². The fourth-order valence-electron chi connectivity index (χ4n) is 1.76. The normalized spacial score (nSPS) is 12.6. The van der Waals surface area contributed by atoms with Crippen molar-refractivity contribution in [2.45, 2.75) is 52.6 Å². The van der Waals surface area contributed by atoms with E-state index in [-0.39, 0.29) is 18.6 Å². The standard InChI is InChI=1S/C13H26N2O4/c1-9(2)8-11(12(17)18)14-13(19)15(10(3)4)6-5-7-16/h9-11,16H,5-8H2,1-4H3,(H,14,19)(H,17,18). The predicted octanol–water partition coefficient (Wildman–Crippen LogP) is 1.29. The molecule has 2 amide bonds. The average Bonchev–Trinajstić information content (AvgIpc) is 2.27. The van der Waals surface area contributed by atoms with Crippen molar-refractivity contribution >= 4 is 12.0 Å². The Hall–Kier alpha value is -1.30. The van der Waals surface area contributed by atoms with Crippen LogP contribution in [0, 0.1) is 5.92 Å². The first kappa shape index (κ1) is 17.7. The zero-order valence-corrected chi connectivity index (χ0v) is 12.2. The molecule has 1 unspecified atom stereocenters. The van der Waals surface area contributed by atoms with Crippen LogP contribution in [-0.2, 0) is 4.79 Å². The summed E-state index contributed by atoms with van der Waals surface area (Å²) in [6.45, 7) is 7.95. The van der Waals surface area contributed by atoms with Crippen LogP contribution in [0.2, 0.25) is 0 Å². The van der Waals surface area contributed by atoms with Gasteiger partial charge in [0.2, 0.25) is 0 Å². The van der Waals surface area contributed by atoms with Crippen molar-refractivity contribution in [1.29, 1.82) is 0 Å². The van der Waals surface area contributed by atoms with Crippen LogP contribution >= 0.6 is 0 Å². The summed E-state index contributed by atoms with van der Waals surface area (Å²) in [5.41, 5.74) is 0. The number of aliphatic carboxylic acids is 1. The Bertz CT molecular complexity index is 292. The number of hydrogen-bond acceptors (Lipinski definition) is 3. The Balaban J connectivity index is 4.61. The Morgan fingerprint density at radius 3 is 2.16 bits per heavy atom. The Morgan fingerprint density at radius 1 is 1.21 bits per heavy atom. The van der Waals surface area contributed by atoms with Crippen molar-refractivity contribution in [1.82, 2.24) is 10.2 Å². The molecular formula is C13H26N2O4. The monoisotopic (exact) mass is 274 g/mol. The lowest BCUT2D eigenvalue weighted by Crippen LogP contribution is -2.50. The van der Waals surface area contributed by atoms with Crippen molar-refractivity contribution in [2.75, 3.05) is 13.2 Å². The minimum absolute atomic E-state index is 0.00481. The molecule has 0 aromatic rings. The second kappa shape index (κ2) is 8.74. The molecule has 0 aliphatic rings. The lowest BCUT2D eigenvalue weighted by atomic mass is 10.0. The van der Waals surface area contributed by atoms with E-state index in [1.807, 2.05) is 27.7 Å². The molecule has 0 saturated heterocycles. The van der Waals surface area contributed by atoms with E-state index in [9.17, 15) is 9.59 Å². The maximum absolute atomic E-state index is 12.1. The van der Waals surface area contributed by atoms with Crippen LogP contribution in [0.3, 0.4) is 0 Å². The van der Waals surface area contributed by atoms with Crippen molar-refractivity contribution in [3.05, 3.63) is 0 Å². The van der Waals surface area contributed by atoms with Crippen LogP contribution in [0.15, 0.2) is 0 Å². The van der Waals surface area contributed by atoms with E-state index in [1.165, 1.54) is 4.90 Å². The topological polar surface area (TPSA) is 89.9 Å². The third kappa shape index (κ3) is 7.00. The molecule has 0 aromatic heterocycles. The van der Waals surface area contributed by atoms with Gasteiger partial charge in [-0.15, -0.1) is 0 Å². The predicted molar refractivity (Wildman–Crippen MR) is 73.0 cm³/mol. The van der Waals surface area contributed by atoms with Gasteiger partial charge in [-0.05, 0) is 32.6 Å². The first-order valence-corrected chi connectivity index (χ1v) is 6.70. The lowest BCUT2D eigenvalue weighted by molar-refractivity contribution is -0.139. The molecular weight excluding hydrogens is 248 g/mol. The summed E-state index contributed by atoms with van der Waals surface area (Å²) < 4.78 is 0. The fraction of sp³-hybridized carbons (Fsp3) is 0.846. The number of carboxylic acids is 1. The van der Waals surface area contributed by atoms with Crippen molar-refractivity contribution in [2.24, 2.45) is 5.92 Å². The summed E-state index contributed by atoms with van der Waals surface area (Å²) in [7, 11) is 0. The molecule has 0 bridgehead atoms. The maximum Gasteiger partial charge on any atom is 0.326 e. The number of nitrogens with zero attached hydrogens (tertiary/aromatic N) is 1. The number of amides is 2. The van der Waals surface area contributed by atoms with Crippen molar-refractivity contribution < 1.29 is 19.8 Å². The van der Waals surface area contributed by atoms with Gasteiger partial charge in [0.1, 0.15) is 6.04 Å². The van der Waals surface area contributed by atoms with Gasteiger partial charge in [-0.25, -0.2) is 9.59 Å². The quantitative estimate of drug-likeness (QED) is 0.622. The van der Waals surface area contributed by atoms with Crippen LogP contribution in [0.4, 0.5) is 4.79 Å². The molecule has 0 radical (unpaired) electrons. The van der Waals surface area contributed by atoms with E-state index in [1.54, 1.807) is 0 Å². The van der Waals surface area contributed by atoms with E-state index in [0.29, 0.717) is 19.4 Å². The smallest absolute Gasteiger partial charge is 0.326 e. The van der Waals surface area contributed by atoms with Gasteiger partial charge in [0, 0.05) is 19.2 Å². The molecule has 112 valence electrons. The highest BCUT2D eigenvalue weighted by Crippen LogP contribution is 2.07. The van der Waals surface area contributed by atoms with Gasteiger partial charge in [-0.1, -0.05) is 13.8 Å². The molecule has 0 aliphatic carbocycles. The highest BCUT2D eigenvalue weighted by atomic mass is 16.4. The molecule has 1 atom stereocenters. The number of hydrogen-bond donors (Lipinski definition) is 3. The zero-order valence-electron chi connectivity index (χ0n) is 12.2. The lowest BCUT2D eigenvalue weighted by Gasteiger charge is -2.28. The maximum atomic E-state index is 12.1. The van der Waals surface area contributed by atoms with Gasteiger partial charge in [0.25, 0.3) is 0 Å². The molecule has 6 heteroatoms. The van der Waals surface area contributed by atoms with E-state index in [0.717, 1.165) is 0 Å². The van der Waals surface area contributed by atoms with Gasteiger partial charge in [-0.2, -0.15) is 0 Å². The Labute approximate surface area is 114 Å². The largest absolute Gasteiger partial charge is 0.480 e. The minimum atomic E-state index is -1.02. The van der Waals surface area contributed by atoms with Crippen molar-refractivity contribution in [3.8, 4) is 0 Å². The summed E-state index contributed by atoms with van der Waals surface area (Å²) in [6, 6.07) is -1.31. The molecule has 0 aliphatic heterocycles. The number of aliphatic hydroxyl groups is 1. The SMILES string of the molecule is CC(C)CC(NC(=O)N(CCCO)C(C)C)C(=O)O. The highest BCUT2D eigenvalue weighted by molar-refractivity contribution is 5.82. The Morgan fingerprint density at radius 2 is 1.79 bits per heavy atom. The number of carboxylic acid groups (broad SMARTS) is 1. The number of carbonyl (C=O) groups excluding carboxylic acids is 1. The molecule has 0 fully saturated rings. The Kier molecular flexibility index (Phi) is 8.14. The van der Waals surface area contributed by atoms with Crippen LogP contribution in [-0.4, -0.2) is 52.3 Å². The van der Waals surface area contributed by atoms with Gasteiger partial charge in [-0.3, -0.25) is 0 Å². The third-order valence-corrected chi connectivity index (χ3v) is 2.74. The summed E-state index contributed by atoms with van der Waals surface area (Å²) in [5.74, 6) is -0.834. The second-order valence-corrected chi connectivity index (χ2v) is 5.33. The summed E-state index contributed by atoms with van der Waals surface area (Å²) in [4.78, 5) is 24.7. The molecule has 6 nitrogen and oxygen atoms in total. The first-order chi connectivity index (χ1) is 8.79. The van der Waals surface area contributed by atoms with E-state index in [4.69, 9.17) is 10.2 Å². The van der Waals surface area contributed by atoms with Crippen molar-refractivity contribution in [3.63, 3.8) is 0 Å². The summed E-state index contributed by atoms with van der Waals surface area (Å²) >= 11 is 0. The van der Waals surface area contributed by atoms with E-state index >= 15 is 0 Å². The van der Waals surface area contributed by atoms with Crippen LogP contribution in [0.5, 0.6) is 0 Å². The highest BCUT2D eigenvalue weighted by Gasteiger charge is 2.24. The molecule has 0 spiro atoms. The fourth-order valence-corrected chi connectivity index (χ4v) is 1.76. The number of carbonyl (C=O) groups is 2. The summed E-state index contributed by atoms with van der Waals surface area (Å²) in [5, 5.41) is 20.5. The van der Waals surface area contributed by atoms with Crippen LogP contribution < -0.4 is 5.32 Å². The second-order valence-electron chi connectivity index (χ2n) is 5.33. The average molecular weight is 274 g/mol. The third-order valence-electron chi connectivity index (χ3n) is 2.74. The molecule has 0 rings (SSSR count). The van der Waals surface area contributed by atoms with Crippen LogP contribution in [0.1, 0.15) is 40.5 Å². The van der Waals surface area contributed by atoms with Crippen LogP contribution in [0.25, 0.3) is 0 Å². The van der Waals surface area contributed by atoms with E-state index < -0.39 is 18.0 Å². The molecule has 0 saturated carbocycles. The number of aliphatic hydroxyl groups excluding tert-OH is 1. The molecule has 0 heterocycles. The molecule has 0 aromatic carbocycles. The number of rotatable bonds is 8. The molecule has 3 N–H and O–H groups in total. The number of nitrogens with one attached hydrogen (secondary N) is 1. The van der Waals surface area contributed by atoms with Gasteiger partial charge in [0.15, 0.2) is 0 Å². The minimum Gasteiger partial charge on any atom is -0.480 e. The zero-order chi connectivity index (χ0) is 15.0.